The van der Waals surface area contributed by atoms with Crippen LogP contribution in [0.1, 0.15) is 31.0 Å². The van der Waals surface area contributed by atoms with Crippen LogP contribution >= 0.6 is 0 Å². The molecule has 0 radical (unpaired) electrons. The Bertz CT molecular complexity index is 1010. The van der Waals surface area contributed by atoms with Crippen LogP contribution in [0.2, 0.25) is 0 Å². The molecule has 0 atom stereocenters. The van der Waals surface area contributed by atoms with Crippen molar-refractivity contribution in [3.05, 3.63) is 54.1 Å². The molecule has 1 aromatic heterocycles. The first kappa shape index (κ1) is 15.1. The molecule has 1 saturated carbocycles. The van der Waals surface area contributed by atoms with Crippen LogP contribution in [0.4, 0.5) is 10.1 Å². The summed E-state index contributed by atoms with van der Waals surface area (Å²) in [6.07, 6.45) is 3.50. The molecule has 0 unspecified atom stereocenters. The number of anilines is 1. The first-order valence-corrected chi connectivity index (χ1v) is 9.28. The lowest BCUT2D eigenvalue weighted by atomic mass is 9.85. The second kappa shape index (κ2) is 5.59. The molecule has 124 valence electrons. The molecule has 1 aliphatic carbocycles. The van der Waals surface area contributed by atoms with Crippen molar-refractivity contribution in [2.45, 2.75) is 30.1 Å². The number of halogens is 1. The van der Waals surface area contributed by atoms with Crippen LogP contribution in [0.5, 0.6) is 0 Å². The number of benzene rings is 2. The molecular weight excluding hydrogens is 329 g/mol. The van der Waals surface area contributed by atoms with Gasteiger partial charge in [-0.2, -0.15) is 0 Å². The highest BCUT2D eigenvalue weighted by molar-refractivity contribution is 7.92. The van der Waals surface area contributed by atoms with Crippen molar-refractivity contribution in [3.8, 4) is 0 Å². The van der Waals surface area contributed by atoms with Gasteiger partial charge in [-0.1, -0.05) is 12.5 Å². The average Bonchev–Trinajstić information content (AvgIpc) is 2.87. The molecule has 0 bridgehead atoms. The van der Waals surface area contributed by atoms with Crippen molar-refractivity contribution in [1.29, 1.82) is 0 Å². The zero-order chi connectivity index (χ0) is 16.7. The summed E-state index contributed by atoms with van der Waals surface area (Å²) in [5, 5.41) is 0. The summed E-state index contributed by atoms with van der Waals surface area (Å²) in [5.41, 5.74) is 2.01. The summed E-state index contributed by atoms with van der Waals surface area (Å²) in [5.74, 6) is 0.846. The van der Waals surface area contributed by atoms with E-state index >= 15 is 0 Å². The van der Waals surface area contributed by atoms with E-state index in [4.69, 9.17) is 0 Å². The van der Waals surface area contributed by atoms with Crippen molar-refractivity contribution in [3.63, 3.8) is 0 Å². The SMILES string of the molecule is O=S(=O)(Nc1ccc2nc(C3CCC3)[nH]c2c1)c1cccc(F)c1. The smallest absolute Gasteiger partial charge is 0.261 e. The van der Waals surface area contributed by atoms with E-state index in [0.717, 1.165) is 35.8 Å². The Balaban J connectivity index is 1.64. The number of imidazole rings is 1. The van der Waals surface area contributed by atoms with Crippen molar-refractivity contribution in [1.82, 2.24) is 9.97 Å². The number of H-pyrrole nitrogens is 1. The normalized spacial score (nSPS) is 15.4. The number of nitrogens with zero attached hydrogens (tertiary/aromatic N) is 1. The van der Waals surface area contributed by atoms with Crippen LogP contribution in [0.3, 0.4) is 0 Å². The van der Waals surface area contributed by atoms with Crippen LogP contribution in [-0.2, 0) is 10.0 Å². The van der Waals surface area contributed by atoms with E-state index in [1.54, 1.807) is 18.2 Å². The fourth-order valence-electron chi connectivity index (χ4n) is 2.82. The van der Waals surface area contributed by atoms with Crippen molar-refractivity contribution >= 4 is 26.7 Å². The summed E-state index contributed by atoms with van der Waals surface area (Å²) >= 11 is 0. The van der Waals surface area contributed by atoms with Gasteiger partial charge < -0.3 is 4.98 Å². The zero-order valence-corrected chi connectivity index (χ0v) is 13.6. The minimum absolute atomic E-state index is 0.109. The Morgan fingerprint density at radius 2 is 2.00 bits per heavy atom. The molecular formula is C17H16FN3O2S. The van der Waals surface area contributed by atoms with Gasteiger partial charge in [0.05, 0.1) is 21.6 Å². The van der Waals surface area contributed by atoms with E-state index in [9.17, 15) is 12.8 Å². The third-order valence-electron chi connectivity index (χ3n) is 4.35. The fourth-order valence-corrected chi connectivity index (χ4v) is 3.90. The predicted octanol–water partition coefficient (Wildman–Crippen LogP) is 3.77. The maximum atomic E-state index is 13.3. The number of nitrogens with one attached hydrogen (secondary N) is 2. The van der Waals surface area contributed by atoms with Crippen molar-refractivity contribution in [2.24, 2.45) is 0 Å². The maximum absolute atomic E-state index is 13.3. The molecule has 4 rings (SSSR count). The van der Waals surface area contributed by atoms with Gasteiger partial charge in [-0.25, -0.2) is 17.8 Å². The van der Waals surface area contributed by atoms with E-state index in [0.29, 0.717) is 11.6 Å². The van der Waals surface area contributed by atoms with E-state index in [-0.39, 0.29) is 4.90 Å². The summed E-state index contributed by atoms with van der Waals surface area (Å²) in [4.78, 5) is 7.72. The maximum Gasteiger partial charge on any atom is 0.261 e. The zero-order valence-electron chi connectivity index (χ0n) is 12.8. The minimum Gasteiger partial charge on any atom is -0.342 e. The Hall–Kier alpha value is -2.41. The molecule has 24 heavy (non-hydrogen) atoms. The minimum atomic E-state index is -3.83. The first-order chi connectivity index (χ1) is 11.5. The van der Waals surface area contributed by atoms with Gasteiger partial charge in [0.2, 0.25) is 0 Å². The monoisotopic (exact) mass is 345 g/mol. The first-order valence-electron chi connectivity index (χ1n) is 7.79. The topological polar surface area (TPSA) is 74.8 Å². The number of aromatic nitrogens is 2. The third kappa shape index (κ3) is 2.75. The molecule has 3 aromatic rings. The lowest BCUT2D eigenvalue weighted by Gasteiger charge is -2.22. The molecule has 0 spiro atoms. The average molecular weight is 345 g/mol. The van der Waals surface area contributed by atoms with Crippen LogP contribution in [-0.4, -0.2) is 18.4 Å². The highest BCUT2D eigenvalue weighted by Gasteiger charge is 2.23. The molecule has 1 heterocycles. The number of hydrogen-bond donors (Lipinski definition) is 2. The summed E-state index contributed by atoms with van der Waals surface area (Å²) in [7, 11) is -3.83. The molecule has 0 aliphatic heterocycles. The number of rotatable bonds is 4. The number of hydrogen-bond acceptors (Lipinski definition) is 3. The standard InChI is InChI=1S/C17H16FN3O2S/c18-12-5-2-6-14(9-12)24(22,23)21-13-7-8-15-16(10-13)20-17(19-15)11-3-1-4-11/h2,5-11,21H,1,3-4H2,(H,19,20). The predicted molar refractivity (Wildman–Crippen MR) is 89.9 cm³/mol. The van der Waals surface area contributed by atoms with Crippen molar-refractivity contribution < 1.29 is 12.8 Å². The summed E-state index contributed by atoms with van der Waals surface area (Å²) in [6, 6.07) is 10.1. The van der Waals surface area contributed by atoms with Crippen LogP contribution in [0, 0.1) is 5.82 Å². The van der Waals surface area contributed by atoms with Gasteiger partial charge in [0.1, 0.15) is 11.6 Å². The molecule has 2 N–H and O–H groups in total. The van der Waals surface area contributed by atoms with Crippen molar-refractivity contribution in [2.75, 3.05) is 4.72 Å². The quantitative estimate of drug-likeness (QED) is 0.756. The molecule has 1 aliphatic rings. The van der Waals surface area contributed by atoms with Gasteiger partial charge in [0, 0.05) is 5.92 Å². The van der Waals surface area contributed by atoms with Crippen LogP contribution in [0.15, 0.2) is 47.4 Å². The Kier molecular flexibility index (Phi) is 3.53. The lowest BCUT2D eigenvalue weighted by molar-refractivity contribution is 0.405. The van der Waals surface area contributed by atoms with Gasteiger partial charge in [0.25, 0.3) is 10.0 Å². The summed E-state index contributed by atoms with van der Waals surface area (Å²) in [6.45, 7) is 0. The highest BCUT2D eigenvalue weighted by atomic mass is 32.2. The number of sulfonamides is 1. The van der Waals surface area contributed by atoms with Crippen LogP contribution < -0.4 is 4.72 Å². The van der Waals surface area contributed by atoms with Crippen LogP contribution in [0.25, 0.3) is 11.0 Å². The Morgan fingerprint density at radius 3 is 2.71 bits per heavy atom. The van der Waals surface area contributed by atoms with Gasteiger partial charge >= 0.3 is 0 Å². The molecule has 5 nitrogen and oxygen atoms in total. The van der Waals surface area contributed by atoms with E-state index < -0.39 is 15.8 Å². The molecule has 7 heteroatoms. The molecule has 0 amide bonds. The highest BCUT2D eigenvalue weighted by Crippen LogP contribution is 2.35. The van der Waals surface area contributed by atoms with E-state index in [2.05, 4.69) is 14.7 Å². The van der Waals surface area contributed by atoms with E-state index in [1.807, 2.05) is 0 Å². The third-order valence-corrected chi connectivity index (χ3v) is 5.73. The van der Waals surface area contributed by atoms with Gasteiger partial charge in [-0.15, -0.1) is 0 Å². The Morgan fingerprint density at radius 1 is 1.17 bits per heavy atom. The number of aromatic amines is 1. The molecule has 1 fully saturated rings. The van der Waals surface area contributed by atoms with Gasteiger partial charge in [-0.3, -0.25) is 4.72 Å². The second-order valence-electron chi connectivity index (χ2n) is 6.04. The lowest BCUT2D eigenvalue weighted by Crippen LogP contribution is -2.13. The Labute approximate surface area is 139 Å². The number of fused-ring (bicyclic) bond motifs is 1. The molecule has 0 saturated heterocycles. The fraction of sp³-hybridized carbons (Fsp3) is 0.235. The van der Waals surface area contributed by atoms with Gasteiger partial charge in [-0.05, 0) is 49.2 Å². The largest absolute Gasteiger partial charge is 0.342 e. The molecule has 2 aromatic carbocycles. The second-order valence-corrected chi connectivity index (χ2v) is 7.73. The summed E-state index contributed by atoms with van der Waals surface area (Å²) < 4.78 is 40.4. The van der Waals surface area contributed by atoms with E-state index in [1.165, 1.54) is 24.6 Å². The van der Waals surface area contributed by atoms with Gasteiger partial charge in [0.15, 0.2) is 0 Å².